The first kappa shape index (κ1) is 18.4. The van der Waals surface area contributed by atoms with Crippen molar-refractivity contribution in [2.45, 2.75) is 33.4 Å². The highest BCUT2D eigenvalue weighted by Gasteiger charge is 2.18. The van der Waals surface area contributed by atoms with Gasteiger partial charge in [-0.25, -0.2) is 4.98 Å². The third kappa shape index (κ3) is 4.43. The van der Waals surface area contributed by atoms with Crippen molar-refractivity contribution in [1.82, 2.24) is 25.7 Å². The molecular weight excluding hydrogens is 350 g/mol. The summed E-state index contributed by atoms with van der Waals surface area (Å²) in [7, 11) is 1.58. The largest absolute Gasteiger partial charge is 0.493 e. The van der Waals surface area contributed by atoms with Gasteiger partial charge in [-0.1, -0.05) is 11.2 Å². The molecule has 142 valence electrons. The molecule has 0 saturated heterocycles. The van der Waals surface area contributed by atoms with Crippen LogP contribution in [0.25, 0.3) is 0 Å². The number of hydrogen-bond donors (Lipinski definition) is 2. The number of aryl methyl sites for hydroxylation is 2. The van der Waals surface area contributed by atoms with Crippen LogP contribution in [0.4, 0.5) is 0 Å². The van der Waals surface area contributed by atoms with Crippen LogP contribution in [0.3, 0.4) is 0 Å². The lowest BCUT2D eigenvalue weighted by atomic mass is 10.2. The molecule has 0 saturated carbocycles. The van der Waals surface area contributed by atoms with Crippen LogP contribution in [0.2, 0.25) is 0 Å². The Morgan fingerprint density at radius 2 is 2.11 bits per heavy atom. The van der Waals surface area contributed by atoms with E-state index in [1.807, 2.05) is 25.1 Å². The topological polar surface area (TPSA) is 115 Å². The quantitative estimate of drug-likeness (QED) is 0.655. The van der Waals surface area contributed by atoms with Crippen LogP contribution < -0.4 is 14.8 Å². The van der Waals surface area contributed by atoms with Gasteiger partial charge in [-0.3, -0.25) is 9.89 Å². The fourth-order valence-corrected chi connectivity index (χ4v) is 2.42. The standard InChI is InChI=1S/C18H21N5O4/c1-10-5-6-15(16(7-10)25-4)26-9-13-8-14(23-27-13)18(24)19-11(2)17-20-12(3)21-22-17/h5-8,11H,9H2,1-4H3,(H,19,24)(H,20,21,22)/t11-/m1/s1. The zero-order chi connectivity index (χ0) is 19.4. The normalized spacial score (nSPS) is 11.9. The van der Waals surface area contributed by atoms with Crippen molar-refractivity contribution in [3.05, 3.63) is 52.9 Å². The summed E-state index contributed by atoms with van der Waals surface area (Å²) >= 11 is 0. The van der Waals surface area contributed by atoms with Gasteiger partial charge in [0, 0.05) is 6.07 Å². The highest BCUT2D eigenvalue weighted by molar-refractivity contribution is 5.92. The second-order valence-electron chi connectivity index (χ2n) is 6.10. The van der Waals surface area contributed by atoms with Crippen LogP contribution in [-0.2, 0) is 6.61 Å². The van der Waals surface area contributed by atoms with Crippen molar-refractivity contribution in [2.75, 3.05) is 7.11 Å². The summed E-state index contributed by atoms with van der Waals surface area (Å²) in [5.41, 5.74) is 1.22. The zero-order valence-electron chi connectivity index (χ0n) is 15.6. The highest BCUT2D eigenvalue weighted by Crippen LogP contribution is 2.28. The van der Waals surface area contributed by atoms with E-state index in [4.69, 9.17) is 14.0 Å². The number of nitrogens with zero attached hydrogens (tertiary/aromatic N) is 3. The third-order valence-electron chi connectivity index (χ3n) is 3.83. The van der Waals surface area contributed by atoms with E-state index in [1.165, 1.54) is 6.07 Å². The first-order valence-corrected chi connectivity index (χ1v) is 8.39. The van der Waals surface area contributed by atoms with Crippen LogP contribution in [0.1, 0.15) is 46.4 Å². The maximum Gasteiger partial charge on any atom is 0.274 e. The summed E-state index contributed by atoms with van der Waals surface area (Å²) in [4.78, 5) is 16.5. The number of benzene rings is 1. The van der Waals surface area contributed by atoms with E-state index in [-0.39, 0.29) is 24.2 Å². The molecule has 0 fully saturated rings. The molecule has 0 aliphatic rings. The first-order valence-electron chi connectivity index (χ1n) is 8.39. The molecule has 3 rings (SSSR count). The van der Waals surface area contributed by atoms with Crippen molar-refractivity contribution in [3.63, 3.8) is 0 Å². The molecule has 0 radical (unpaired) electrons. The van der Waals surface area contributed by atoms with E-state index in [0.29, 0.717) is 28.9 Å². The van der Waals surface area contributed by atoms with Crippen LogP contribution >= 0.6 is 0 Å². The molecule has 0 aliphatic carbocycles. The molecule has 2 heterocycles. The van der Waals surface area contributed by atoms with E-state index in [1.54, 1.807) is 21.0 Å². The molecule has 0 aliphatic heterocycles. The van der Waals surface area contributed by atoms with Gasteiger partial charge in [0.2, 0.25) is 0 Å². The number of nitrogens with one attached hydrogen (secondary N) is 2. The average molecular weight is 371 g/mol. The highest BCUT2D eigenvalue weighted by atomic mass is 16.5. The van der Waals surface area contributed by atoms with E-state index >= 15 is 0 Å². The second-order valence-corrected chi connectivity index (χ2v) is 6.10. The Balaban J connectivity index is 1.60. The van der Waals surface area contributed by atoms with Gasteiger partial charge in [-0.15, -0.1) is 0 Å². The molecular formula is C18H21N5O4. The molecule has 27 heavy (non-hydrogen) atoms. The Bertz CT molecular complexity index is 933. The molecule has 9 nitrogen and oxygen atoms in total. The molecule has 0 spiro atoms. The number of carbonyl (C=O) groups excluding carboxylic acids is 1. The van der Waals surface area contributed by atoms with Gasteiger partial charge in [-0.05, 0) is 38.5 Å². The minimum absolute atomic E-state index is 0.120. The average Bonchev–Trinajstić information content (AvgIpc) is 3.29. The summed E-state index contributed by atoms with van der Waals surface area (Å²) < 4.78 is 16.2. The Morgan fingerprint density at radius 3 is 2.81 bits per heavy atom. The summed E-state index contributed by atoms with van der Waals surface area (Å²) in [6.45, 7) is 5.66. The minimum Gasteiger partial charge on any atom is -0.493 e. The number of hydrogen-bond acceptors (Lipinski definition) is 7. The van der Waals surface area contributed by atoms with Crippen molar-refractivity contribution >= 4 is 5.91 Å². The van der Waals surface area contributed by atoms with Gasteiger partial charge >= 0.3 is 0 Å². The molecule has 2 aromatic heterocycles. The SMILES string of the molecule is COc1cc(C)ccc1OCc1cc(C(=O)N[C@H](C)c2n[nH]c(C)n2)no1. The molecule has 1 atom stereocenters. The van der Waals surface area contributed by atoms with E-state index in [9.17, 15) is 4.79 Å². The number of rotatable bonds is 7. The fraction of sp³-hybridized carbons (Fsp3) is 0.333. The molecule has 3 aromatic rings. The van der Waals surface area contributed by atoms with Crippen molar-refractivity contribution < 1.29 is 18.8 Å². The van der Waals surface area contributed by atoms with Crippen molar-refractivity contribution in [1.29, 1.82) is 0 Å². The van der Waals surface area contributed by atoms with Crippen LogP contribution in [0.5, 0.6) is 11.5 Å². The molecule has 1 aromatic carbocycles. The van der Waals surface area contributed by atoms with E-state index in [2.05, 4.69) is 25.7 Å². The Morgan fingerprint density at radius 1 is 1.30 bits per heavy atom. The third-order valence-corrected chi connectivity index (χ3v) is 3.83. The number of methoxy groups -OCH3 is 1. The Kier molecular flexibility index (Phi) is 5.39. The lowest BCUT2D eigenvalue weighted by Gasteiger charge is -2.09. The maximum absolute atomic E-state index is 12.3. The number of ether oxygens (including phenoxy) is 2. The van der Waals surface area contributed by atoms with Crippen LogP contribution in [0, 0.1) is 13.8 Å². The second kappa shape index (κ2) is 7.90. The molecule has 1 amide bonds. The van der Waals surface area contributed by atoms with Gasteiger partial charge in [0.25, 0.3) is 5.91 Å². The van der Waals surface area contributed by atoms with Crippen LogP contribution in [0.15, 0.2) is 28.8 Å². The smallest absolute Gasteiger partial charge is 0.274 e. The predicted molar refractivity (Wildman–Crippen MR) is 95.6 cm³/mol. The monoisotopic (exact) mass is 371 g/mol. The molecule has 9 heteroatoms. The number of carbonyl (C=O) groups is 1. The molecule has 0 unspecified atom stereocenters. The van der Waals surface area contributed by atoms with E-state index < -0.39 is 0 Å². The van der Waals surface area contributed by atoms with Crippen molar-refractivity contribution in [3.8, 4) is 11.5 Å². The lowest BCUT2D eigenvalue weighted by Crippen LogP contribution is -2.27. The predicted octanol–water partition coefficient (Wildman–Crippen LogP) is 2.49. The molecule has 2 N–H and O–H groups in total. The van der Waals surface area contributed by atoms with Gasteiger partial charge < -0.3 is 19.3 Å². The summed E-state index contributed by atoms with van der Waals surface area (Å²) in [6, 6.07) is 6.78. The summed E-state index contributed by atoms with van der Waals surface area (Å²) in [6.07, 6.45) is 0. The first-order chi connectivity index (χ1) is 13.0. The number of aromatic nitrogens is 4. The van der Waals surface area contributed by atoms with E-state index in [0.717, 1.165) is 5.56 Å². The molecule has 0 bridgehead atoms. The summed E-state index contributed by atoms with van der Waals surface area (Å²) in [5.74, 6) is 2.43. The number of aromatic amines is 1. The Hall–Kier alpha value is -3.36. The van der Waals surface area contributed by atoms with Gasteiger partial charge in [0.1, 0.15) is 12.4 Å². The van der Waals surface area contributed by atoms with Crippen molar-refractivity contribution in [2.24, 2.45) is 0 Å². The van der Waals surface area contributed by atoms with Crippen LogP contribution in [-0.4, -0.2) is 33.4 Å². The van der Waals surface area contributed by atoms with Gasteiger partial charge in [0.15, 0.2) is 28.8 Å². The van der Waals surface area contributed by atoms with Gasteiger partial charge in [-0.2, -0.15) is 5.10 Å². The minimum atomic E-state index is -0.382. The number of amides is 1. The lowest BCUT2D eigenvalue weighted by molar-refractivity contribution is 0.0929. The Labute approximate surface area is 156 Å². The summed E-state index contributed by atoms with van der Waals surface area (Å²) in [5, 5.41) is 13.3. The number of H-pyrrole nitrogens is 1. The zero-order valence-corrected chi connectivity index (χ0v) is 15.6. The van der Waals surface area contributed by atoms with Gasteiger partial charge in [0.05, 0.1) is 13.2 Å². The fourth-order valence-electron chi connectivity index (χ4n) is 2.42. The maximum atomic E-state index is 12.3.